The Labute approximate surface area is 167 Å². The molecule has 0 aromatic heterocycles. The Kier molecular flexibility index (Phi) is 5.78. The number of halogens is 2. The topological polar surface area (TPSA) is 89.2 Å². The van der Waals surface area contributed by atoms with Crippen LogP contribution >= 0.6 is 23.2 Å². The molecule has 0 aliphatic carbocycles. The second-order valence-corrected chi connectivity index (χ2v) is 6.92. The van der Waals surface area contributed by atoms with Gasteiger partial charge >= 0.3 is 0 Å². The molecule has 0 fully saturated rings. The van der Waals surface area contributed by atoms with Crippen molar-refractivity contribution in [3.8, 4) is 12.1 Å². The fourth-order valence-electron chi connectivity index (χ4n) is 2.84. The molecule has 0 spiro atoms. The maximum Gasteiger partial charge on any atom is 0.183 e. The van der Waals surface area contributed by atoms with Crippen LogP contribution in [-0.2, 0) is 12.8 Å². The summed E-state index contributed by atoms with van der Waals surface area (Å²) in [5.74, 6) is 6.22. The molecule has 0 saturated carbocycles. The molecule has 134 valence electrons. The lowest BCUT2D eigenvalue weighted by atomic mass is 10.00. The van der Waals surface area contributed by atoms with Gasteiger partial charge in [-0.05, 0) is 35.4 Å². The van der Waals surface area contributed by atoms with Crippen molar-refractivity contribution in [1.82, 2.24) is 5.01 Å². The molecule has 1 heterocycles. The lowest BCUT2D eigenvalue weighted by Crippen LogP contribution is -2.47. The van der Waals surface area contributed by atoms with Crippen LogP contribution in [0.1, 0.15) is 11.1 Å². The number of nitrogens with zero attached hydrogens (tertiary/aromatic N) is 4. The van der Waals surface area contributed by atoms with E-state index in [0.717, 1.165) is 11.1 Å². The number of nitrogens with two attached hydrogens (primary N) is 1. The number of hydrazine groups is 1. The van der Waals surface area contributed by atoms with Crippen LogP contribution in [0.3, 0.4) is 0 Å². The first-order valence-corrected chi connectivity index (χ1v) is 8.90. The zero-order chi connectivity index (χ0) is 19.4. The summed E-state index contributed by atoms with van der Waals surface area (Å²) in [5.41, 5.74) is 3.39. The minimum Gasteiger partial charge on any atom is -0.289 e. The van der Waals surface area contributed by atoms with Crippen molar-refractivity contribution in [3.63, 3.8) is 0 Å². The van der Waals surface area contributed by atoms with Crippen molar-refractivity contribution in [3.05, 3.63) is 81.1 Å². The van der Waals surface area contributed by atoms with Gasteiger partial charge in [0, 0.05) is 22.9 Å². The van der Waals surface area contributed by atoms with Crippen LogP contribution in [-0.4, -0.2) is 16.8 Å². The first-order chi connectivity index (χ1) is 13.0. The molecule has 1 aliphatic rings. The van der Waals surface area contributed by atoms with Crippen molar-refractivity contribution in [2.24, 2.45) is 10.8 Å². The third-order valence-electron chi connectivity index (χ3n) is 4.24. The van der Waals surface area contributed by atoms with Gasteiger partial charge < -0.3 is 0 Å². The highest BCUT2D eigenvalue weighted by Gasteiger charge is 2.30. The van der Waals surface area contributed by atoms with Crippen molar-refractivity contribution in [1.29, 1.82) is 10.5 Å². The summed E-state index contributed by atoms with van der Waals surface area (Å²) in [6.07, 6.45) is 0.939. The molecule has 0 amide bonds. The van der Waals surface area contributed by atoms with Crippen molar-refractivity contribution in [2.75, 3.05) is 0 Å². The zero-order valence-electron chi connectivity index (χ0n) is 14.2. The second-order valence-electron chi connectivity index (χ2n) is 6.05. The van der Waals surface area contributed by atoms with E-state index >= 15 is 0 Å². The van der Waals surface area contributed by atoms with Crippen LogP contribution in [0.2, 0.25) is 10.0 Å². The number of rotatable bonds is 4. The van der Waals surface area contributed by atoms with Gasteiger partial charge in [-0.2, -0.15) is 10.5 Å². The van der Waals surface area contributed by atoms with Crippen LogP contribution in [0.4, 0.5) is 0 Å². The van der Waals surface area contributed by atoms with E-state index in [4.69, 9.17) is 29.0 Å². The van der Waals surface area contributed by atoms with Gasteiger partial charge in [0.15, 0.2) is 11.8 Å². The van der Waals surface area contributed by atoms with Gasteiger partial charge in [0.05, 0.1) is 17.5 Å². The summed E-state index contributed by atoms with van der Waals surface area (Å²) >= 11 is 11.9. The predicted octanol–water partition coefficient (Wildman–Crippen LogP) is 4.04. The maximum atomic E-state index is 9.43. The average Bonchev–Trinajstić information content (AvgIpc) is 2.67. The molecule has 0 bridgehead atoms. The number of hydrogen-bond donors (Lipinski definition) is 1. The Hall–Kier alpha value is -2.83. The zero-order valence-corrected chi connectivity index (χ0v) is 15.7. The van der Waals surface area contributed by atoms with Gasteiger partial charge in [0.2, 0.25) is 0 Å². The van der Waals surface area contributed by atoms with E-state index in [0.29, 0.717) is 34.3 Å². The van der Waals surface area contributed by atoms with E-state index in [1.807, 2.05) is 36.4 Å². The fraction of sp³-hybridized carbons (Fsp3) is 0.150. The molecular weight excluding hydrogens is 381 g/mol. The molecule has 7 heteroatoms. The lowest BCUT2D eigenvalue weighted by molar-refractivity contribution is 0.342. The number of hydrogen-bond acceptors (Lipinski definition) is 5. The smallest absolute Gasteiger partial charge is 0.183 e. The normalized spacial score (nSPS) is 16.6. The molecular formula is C20H15Cl2N5. The summed E-state index contributed by atoms with van der Waals surface area (Å²) in [5, 5.41) is 21.4. The summed E-state index contributed by atoms with van der Waals surface area (Å²) in [7, 11) is 0. The van der Waals surface area contributed by atoms with Gasteiger partial charge in [-0.3, -0.25) is 5.01 Å². The number of aliphatic imine (C=N–C) groups is 1. The molecule has 2 aromatic rings. The van der Waals surface area contributed by atoms with Crippen LogP contribution < -0.4 is 5.84 Å². The van der Waals surface area contributed by atoms with Crippen LogP contribution in [0, 0.1) is 22.7 Å². The summed E-state index contributed by atoms with van der Waals surface area (Å²) in [6.45, 7) is 0. The molecule has 1 atom stereocenters. The van der Waals surface area contributed by atoms with E-state index in [-0.39, 0.29) is 5.71 Å². The van der Waals surface area contributed by atoms with E-state index < -0.39 is 6.04 Å². The van der Waals surface area contributed by atoms with Gasteiger partial charge in [-0.25, -0.2) is 10.8 Å². The fourth-order valence-corrected chi connectivity index (χ4v) is 3.10. The largest absolute Gasteiger partial charge is 0.289 e. The Morgan fingerprint density at radius 3 is 1.93 bits per heavy atom. The quantitative estimate of drug-likeness (QED) is 0.790. The molecule has 1 unspecified atom stereocenters. The molecule has 1 aliphatic heterocycles. The predicted molar refractivity (Wildman–Crippen MR) is 106 cm³/mol. The van der Waals surface area contributed by atoms with E-state index in [2.05, 4.69) is 4.99 Å². The molecule has 0 saturated heterocycles. The molecule has 27 heavy (non-hydrogen) atoms. The van der Waals surface area contributed by atoms with Crippen molar-refractivity contribution >= 4 is 28.9 Å². The lowest BCUT2D eigenvalue weighted by Gasteiger charge is -2.31. The van der Waals surface area contributed by atoms with Crippen molar-refractivity contribution < 1.29 is 0 Å². The number of nitriles is 2. The third-order valence-corrected chi connectivity index (χ3v) is 4.75. The van der Waals surface area contributed by atoms with Gasteiger partial charge in [-0.15, -0.1) is 0 Å². The van der Waals surface area contributed by atoms with Gasteiger partial charge in [-0.1, -0.05) is 47.5 Å². The minimum absolute atomic E-state index is 0.0869. The maximum absolute atomic E-state index is 9.43. The van der Waals surface area contributed by atoms with Crippen LogP contribution in [0.25, 0.3) is 0 Å². The van der Waals surface area contributed by atoms with Crippen LogP contribution in [0.15, 0.2) is 64.9 Å². The van der Waals surface area contributed by atoms with Crippen molar-refractivity contribution in [2.45, 2.75) is 18.9 Å². The van der Waals surface area contributed by atoms with Gasteiger partial charge in [0.1, 0.15) is 6.07 Å². The Balaban J connectivity index is 2.03. The van der Waals surface area contributed by atoms with E-state index in [1.54, 1.807) is 24.3 Å². The van der Waals surface area contributed by atoms with E-state index in [9.17, 15) is 10.5 Å². The third kappa shape index (κ3) is 4.30. The van der Waals surface area contributed by atoms with E-state index in [1.165, 1.54) is 5.01 Å². The summed E-state index contributed by atoms with van der Waals surface area (Å²) in [4.78, 5) is 4.45. The highest BCUT2D eigenvalue weighted by molar-refractivity contribution is 6.30. The monoisotopic (exact) mass is 395 g/mol. The second kappa shape index (κ2) is 8.24. The first kappa shape index (κ1) is 18.9. The standard InChI is InChI=1S/C20H15Cl2N5/c21-15-5-1-13(2-6-15)9-17-19(10-14-3-7-16(22)8-4-14)27(25)20(12-24)18(11-23)26-17/h1-8,20H,9-10,25H2. The molecule has 0 radical (unpaired) electrons. The number of benzene rings is 2. The average molecular weight is 396 g/mol. The van der Waals surface area contributed by atoms with Gasteiger partial charge in [0.25, 0.3) is 0 Å². The molecule has 2 aromatic carbocycles. The Morgan fingerprint density at radius 2 is 1.44 bits per heavy atom. The Morgan fingerprint density at radius 1 is 0.926 bits per heavy atom. The highest BCUT2D eigenvalue weighted by atomic mass is 35.5. The summed E-state index contributed by atoms with van der Waals surface area (Å²) < 4.78 is 0. The molecule has 2 N–H and O–H groups in total. The Bertz CT molecular complexity index is 979. The molecule has 5 nitrogen and oxygen atoms in total. The van der Waals surface area contributed by atoms with Crippen LogP contribution in [0.5, 0.6) is 0 Å². The minimum atomic E-state index is -0.911. The number of allylic oxidation sites excluding steroid dienone is 2. The first-order valence-electron chi connectivity index (χ1n) is 8.15. The SMILES string of the molecule is N#CC1=NC(Cc2ccc(Cl)cc2)=C(Cc2ccc(Cl)cc2)N(N)C1C#N. The highest BCUT2D eigenvalue weighted by Crippen LogP contribution is 2.26. The summed E-state index contributed by atoms with van der Waals surface area (Å²) in [6, 6.07) is 17.9. The molecule has 3 rings (SSSR count).